The first kappa shape index (κ1) is 24.7. The zero-order chi connectivity index (χ0) is 24.0. The number of nitrogens with one attached hydrogen (secondary N) is 2. The van der Waals surface area contributed by atoms with Crippen molar-refractivity contribution < 1.29 is 19.1 Å². The van der Waals surface area contributed by atoms with E-state index in [0.29, 0.717) is 33.6 Å². The van der Waals surface area contributed by atoms with Gasteiger partial charge >= 0.3 is 0 Å². The highest BCUT2D eigenvalue weighted by Crippen LogP contribution is 2.28. The van der Waals surface area contributed by atoms with Crippen LogP contribution in [0.25, 0.3) is 10.6 Å². The first-order chi connectivity index (χ1) is 15.8. The molecule has 1 heterocycles. The predicted octanol–water partition coefficient (Wildman–Crippen LogP) is 4.77. The van der Waals surface area contributed by atoms with Crippen molar-refractivity contribution in [2.45, 2.75) is 26.3 Å². The van der Waals surface area contributed by atoms with E-state index in [-0.39, 0.29) is 11.8 Å². The van der Waals surface area contributed by atoms with E-state index < -0.39 is 11.9 Å². The number of methoxy groups -OCH3 is 2. The normalized spacial score (nSPS) is 12.5. The van der Waals surface area contributed by atoms with Crippen LogP contribution in [0, 0.1) is 5.92 Å². The molecule has 0 aliphatic rings. The molecule has 1 aromatic heterocycles. The van der Waals surface area contributed by atoms with Crippen molar-refractivity contribution in [2.75, 3.05) is 19.5 Å². The second kappa shape index (κ2) is 11.2. The molecule has 0 saturated heterocycles. The molecular formula is C23H25BrN4O4S. The molecule has 3 aromatic rings. The second-order valence-corrected chi connectivity index (χ2v) is 9.24. The van der Waals surface area contributed by atoms with Crippen LogP contribution >= 0.6 is 27.3 Å². The number of rotatable bonds is 9. The van der Waals surface area contributed by atoms with Crippen molar-refractivity contribution >= 4 is 44.2 Å². The molecule has 2 unspecified atom stereocenters. The minimum absolute atomic E-state index is 0.111. The molecule has 174 valence electrons. The van der Waals surface area contributed by atoms with Gasteiger partial charge in [0.25, 0.3) is 5.91 Å². The Balaban J connectivity index is 1.76. The van der Waals surface area contributed by atoms with E-state index in [1.165, 1.54) is 25.6 Å². The number of anilines is 1. The third-order valence-electron chi connectivity index (χ3n) is 5.14. The van der Waals surface area contributed by atoms with Crippen molar-refractivity contribution in [3.8, 4) is 22.1 Å². The number of ether oxygens (including phenoxy) is 2. The van der Waals surface area contributed by atoms with Gasteiger partial charge in [-0.2, -0.15) is 0 Å². The molecule has 0 bridgehead atoms. The number of carbonyl (C=O) groups is 2. The van der Waals surface area contributed by atoms with Gasteiger partial charge in [0.15, 0.2) is 0 Å². The number of nitrogens with zero attached hydrogens (tertiary/aromatic N) is 2. The van der Waals surface area contributed by atoms with Crippen LogP contribution in [0.5, 0.6) is 11.5 Å². The Labute approximate surface area is 204 Å². The largest absolute Gasteiger partial charge is 0.497 e. The van der Waals surface area contributed by atoms with Crippen molar-refractivity contribution in [2.24, 2.45) is 5.92 Å². The quantitative estimate of drug-likeness (QED) is 0.411. The molecular weight excluding hydrogens is 508 g/mol. The van der Waals surface area contributed by atoms with Crippen LogP contribution < -0.4 is 20.1 Å². The summed E-state index contributed by atoms with van der Waals surface area (Å²) >= 11 is 4.67. The highest BCUT2D eigenvalue weighted by atomic mass is 79.9. The lowest BCUT2D eigenvalue weighted by Crippen LogP contribution is -2.47. The van der Waals surface area contributed by atoms with E-state index in [9.17, 15) is 9.59 Å². The van der Waals surface area contributed by atoms with Crippen LogP contribution in [0.1, 0.15) is 30.6 Å². The van der Waals surface area contributed by atoms with Gasteiger partial charge in [-0.25, -0.2) is 0 Å². The van der Waals surface area contributed by atoms with Crippen LogP contribution in [0.3, 0.4) is 0 Å². The Bertz CT molecular complexity index is 1100. The van der Waals surface area contributed by atoms with Gasteiger partial charge in [0, 0.05) is 21.7 Å². The fourth-order valence-corrected chi connectivity index (χ4v) is 4.05. The van der Waals surface area contributed by atoms with E-state index >= 15 is 0 Å². The van der Waals surface area contributed by atoms with Crippen LogP contribution in [0.15, 0.2) is 46.9 Å². The maximum atomic E-state index is 13.1. The minimum Gasteiger partial charge on any atom is -0.497 e. The molecule has 0 radical (unpaired) electrons. The fraction of sp³-hybridized carbons (Fsp3) is 0.304. The molecule has 0 saturated carbocycles. The van der Waals surface area contributed by atoms with Crippen molar-refractivity contribution in [1.82, 2.24) is 15.5 Å². The Morgan fingerprint density at radius 3 is 2.27 bits per heavy atom. The fourth-order valence-electron chi connectivity index (χ4n) is 3.03. The molecule has 2 N–H and O–H groups in total. The first-order valence-electron chi connectivity index (χ1n) is 10.3. The molecule has 3 rings (SSSR count). The second-order valence-electron chi connectivity index (χ2n) is 7.35. The van der Waals surface area contributed by atoms with Crippen LogP contribution in [0.4, 0.5) is 5.13 Å². The number of carbonyl (C=O) groups excluding carboxylic acids is 2. The molecule has 0 fully saturated rings. The Morgan fingerprint density at radius 1 is 1.06 bits per heavy atom. The molecule has 2 aromatic carbocycles. The summed E-state index contributed by atoms with van der Waals surface area (Å²) in [5.41, 5.74) is 1.23. The highest BCUT2D eigenvalue weighted by molar-refractivity contribution is 9.10. The van der Waals surface area contributed by atoms with Gasteiger partial charge in [-0.05, 0) is 30.2 Å². The zero-order valence-electron chi connectivity index (χ0n) is 18.7. The molecule has 2 atom stereocenters. The van der Waals surface area contributed by atoms with Crippen molar-refractivity contribution in [3.05, 3.63) is 52.5 Å². The summed E-state index contributed by atoms with van der Waals surface area (Å²) in [5.74, 6) is 0.101. The maximum Gasteiger partial charge on any atom is 0.252 e. The van der Waals surface area contributed by atoms with Crippen LogP contribution in [-0.2, 0) is 4.79 Å². The third kappa shape index (κ3) is 6.29. The summed E-state index contributed by atoms with van der Waals surface area (Å²) in [4.78, 5) is 26.0. The summed E-state index contributed by atoms with van der Waals surface area (Å²) in [6.07, 6.45) is 0.695. The SMILES string of the molecule is CCC(C)C(NC(=O)c1cc(OC)cc(OC)c1)C(=O)Nc1nnc(-c2ccc(Br)cc2)s1. The average molecular weight is 533 g/mol. The van der Waals surface area contributed by atoms with Crippen LogP contribution in [-0.4, -0.2) is 42.3 Å². The van der Waals surface area contributed by atoms with Crippen molar-refractivity contribution in [1.29, 1.82) is 0 Å². The third-order valence-corrected chi connectivity index (χ3v) is 6.56. The summed E-state index contributed by atoms with van der Waals surface area (Å²) < 4.78 is 11.4. The first-order valence-corrected chi connectivity index (χ1v) is 11.9. The predicted molar refractivity (Wildman–Crippen MR) is 132 cm³/mol. The zero-order valence-corrected chi connectivity index (χ0v) is 21.1. The van der Waals surface area contributed by atoms with Gasteiger partial charge in [0.1, 0.15) is 22.5 Å². The molecule has 33 heavy (non-hydrogen) atoms. The van der Waals surface area contributed by atoms with E-state index in [2.05, 4.69) is 36.8 Å². The Morgan fingerprint density at radius 2 is 1.70 bits per heavy atom. The molecule has 0 aliphatic heterocycles. The Hall–Kier alpha value is -2.98. The van der Waals surface area contributed by atoms with Gasteiger partial charge in [-0.3, -0.25) is 14.9 Å². The van der Waals surface area contributed by atoms with Gasteiger partial charge < -0.3 is 14.8 Å². The van der Waals surface area contributed by atoms with Gasteiger partial charge in [-0.15, -0.1) is 10.2 Å². The lowest BCUT2D eigenvalue weighted by atomic mass is 9.98. The van der Waals surface area contributed by atoms with Crippen LogP contribution in [0.2, 0.25) is 0 Å². The van der Waals surface area contributed by atoms with E-state index in [1.807, 2.05) is 38.1 Å². The number of amides is 2. The standard InChI is InChI=1S/C23H25BrN4O4S/c1-5-13(2)19(25-20(29)15-10-17(31-3)12-18(11-15)32-4)21(30)26-23-28-27-22(33-23)14-6-8-16(24)9-7-14/h6-13,19H,5H2,1-4H3,(H,25,29)(H,26,28,30). The lowest BCUT2D eigenvalue weighted by Gasteiger charge is -2.23. The van der Waals surface area contributed by atoms with Gasteiger partial charge in [-0.1, -0.05) is 59.7 Å². The number of hydrogen-bond donors (Lipinski definition) is 2. The molecule has 0 spiro atoms. The van der Waals surface area contributed by atoms with Gasteiger partial charge in [0.2, 0.25) is 11.0 Å². The molecule has 10 heteroatoms. The number of benzene rings is 2. The summed E-state index contributed by atoms with van der Waals surface area (Å²) in [5, 5.41) is 14.9. The summed E-state index contributed by atoms with van der Waals surface area (Å²) in [6, 6.07) is 11.8. The number of hydrogen-bond acceptors (Lipinski definition) is 7. The summed E-state index contributed by atoms with van der Waals surface area (Å²) in [6.45, 7) is 3.87. The topological polar surface area (TPSA) is 102 Å². The van der Waals surface area contributed by atoms with Crippen molar-refractivity contribution in [3.63, 3.8) is 0 Å². The molecule has 2 amide bonds. The number of aromatic nitrogens is 2. The smallest absolute Gasteiger partial charge is 0.252 e. The molecule has 8 nitrogen and oxygen atoms in total. The maximum absolute atomic E-state index is 13.1. The number of halogens is 1. The van der Waals surface area contributed by atoms with E-state index in [0.717, 1.165) is 10.0 Å². The lowest BCUT2D eigenvalue weighted by molar-refractivity contribution is -0.119. The average Bonchev–Trinajstić information content (AvgIpc) is 3.30. The molecule has 0 aliphatic carbocycles. The van der Waals surface area contributed by atoms with Gasteiger partial charge in [0.05, 0.1) is 14.2 Å². The van der Waals surface area contributed by atoms with E-state index in [4.69, 9.17) is 9.47 Å². The highest BCUT2D eigenvalue weighted by Gasteiger charge is 2.27. The minimum atomic E-state index is -0.764. The summed E-state index contributed by atoms with van der Waals surface area (Å²) in [7, 11) is 3.02. The van der Waals surface area contributed by atoms with E-state index in [1.54, 1.807) is 18.2 Å². The monoisotopic (exact) mass is 532 g/mol. The Kier molecular flexibility index (Phi) is 8.40.